The summed E-state index contributed by atoms with van der Waals surface area (Å²) >= 11 is 7.27. The van der Waals surface area contributed by atoms with E-state index in [0.717, 1.165) is 5.75 Å². The van der Waals surface area contributed by atoms with E-state index in [1.54, 1.807) is 11.8 Å². The molecule has 0 amide bonds. The molecule has 1 aromatic rings. The number of nitrogens with zero attached hydrogens (tertiary/aromatic N) is 2. The second kappa shape index (κ2) is 6.55. The predicted octanol–water partition coefficient (Wildman–Crippen LogP) is 1.75. The molecular weight excluding hydrogens is 250 g/mol. The number of thioether (sulfide) groups is 1. The van der Waals surface area contributed by atoms with Crippen molar-refractivity contribution in [2.24, 2.45) is 0 Å². The summed E-state index contributed by atoms with van der Waals surface area (Å²) in [5.74, 6) is 0.292. The van der Waals surface area contributed by atoms with Crippen LogP contribution in [0.2, 0.25) is 5.15 Å². The zero-order chi connectivity index (χ0) is 12.0. The number of nitrogens with one attached hydrogen (secondary N) is 1. The number of rotatable bonds is 6. The summed E-state index contributed by atoms with van der Waals surface area (Å²) in [7, 11) is 0. The average Bonchev–Trinajstić information content (AvgIpc) is 2.24. The van der Waals surface area contributed by atoms with Crippen LogP contribution in [0.4, 0.5) is 5.82 Å². The van der Waals surface area contributed by atoms with Gasteiger partial charge in [0.15, 0.2) is 0 Å². The van der Waals surface area contributed by atoms with Crippen LogP contribution in [0.25, 0.3) is 0 Å². The van der Waals surface area contributed by atoms with E-state index in [0.29, 0.717) is 12.2 Å². The molecule has 1 heterocycles. The zero-order valence-electron chi connectivity index (χ0n) is 8.68. The number of hydrogen-bond donors (Lipinski definition) is 2. The van der Waals surface area contributed by atoms with Gasteiger partial charge >= 0.3 is 5.97 Å². The van der Waals surface area contributed by atoms with Crippen LogP contribution >= 0.6 is 23.4 Å². The van der Waals surface area contributed by atoms with Gasteiger partial charge in [0, 0.05) is 6.07 Å². The number of carboxylic acid groups (broad SMARTS) is 1. The van der Waals surface area contributed by atoms with Gasteiger partial charge in [0.05, 0.1) is 0 Å². The average molecular weight is 262 g/mol. The first kappa shape index (κ1) is 13.1. The van der Waals surface area contributed by atoms with E-state index in [1.807, 2.05) is 6.26 Å². The molecule has 0 aromatic carbocycles. The van der Waals surface area contributed by atoms with Crippen molar-refractivity contribution in [1.82, 2.24) is 9.97 Å². The molecule has 0 aliphatic heterocycles. The first-order chi connectivity index (χ1) is 7.63. The molecule has 0 spiro atoms. The fourth-order valence-corrected chi connectivity index (χ4v) is 1.70. The van der Waals surface area contributed by atoms with Gasteiger partial charge in [-0.1, -0.05) is 11.6 Å². The van der Waals surface area contributed by atoms with Crippen LogP contribution in [0.5, 0.6) is 0 Å². The normalized spacial score (nSPS) is 12.1. The molecule has 0 aliphatic rings. The standard InChI is InChI=1S/C9H12ClN3O2S/c1-16-3-2-6(9(14)15)13-8-4-7(10)11-5-12-8/h4-6H,2-3H2,1H3,(H,14,15)(H,11,12,13)/t6-/m0/s1. The van der Waals surface area contributed by atoms with Gasteiger partial charge in [0.1, 0.15) is 23.3 Å². The number of anilines is 1. The highest BCUT2D eigenvalue weighted by molar-refractivity contribution is 7.98. The van der Waals surface area contributed by atoms with Gasteiger partial charge in [-0.15, -0.1) is 0 Å². The maximum Gasteiger partial charge on any atom is 0.326 e. The number of halogens is 1. The number of carboxylic acids is 1. The molecule has 0 radical (unpaired) electrons. The Hall–Kier alpha value is -1.01. The minimum atomic E-state index is -0.899. The van der Waals surface area contributed by atoms with Crippen molar-refractivity contribution < 1.29 is 9.90 Å². The van der Waals surface area contributed by atoms with Gasteiger partial charge in [-0.3, -0.25) is 0 Å². The second-order valence-corrected chi connectivity index (χ2v) is 4.42. The first-order valence-corrected chi connectivity index (χ1v) is 6.36. The van der Waals surface area contributed by atoms with E-state index in [4.69, 9.17) is 16.7 Å². The number of hydrogen-bond acceptors (Lipinski definition) is 5. The minimum Gasteiger partial charge on any atom is -0.480 e. The number of aliphatic carboxylic acids is 1. The first-order valence-electron chi connectivity index (χ1n) is 4.59. The van der Waals surface area contributed by atoms with Gasteiger partial charge < -0.3 is 10.4 Å². The summed E-state index contributed by atoms with van der Waals surface area (Å²) < 4.78 is 0. The maximum atomic E-state index is 10.9. The zero-order valence-corrected chi connectivity index (χ0v) is 10.3. The quantitative estimate of drug-likeness (QED) is 0.760. The fraction of sp³-hybridized carbons (Fsp3) is 0.444. The van der Waals surface area contributed by atoms with E-state index in [9.17, 15) is 4.79 Å². The monoisotopic (exact) mass is 261 g/mol. The van der Waals surface area contributed by atoms with Gasteiger partial charge in [0.25, 0.3) is 0 Å². The third-order valence-corrected chi connectivity index (χ3v) is 2.72. The van der Waals surface area contributed by atoms with Crippen molar-refractivity contribution in [2.45, 2.75) is 12.5 Å². The van der Waals surface area contributed by atoms with Gasteiger partial charge in [-0.2, -0.15) is 11.8 Å². The van der Waals surface area contributed by atoms with Gasteiger partial charge in [0.2, 0.25) is 0 Å². The van der Waals surface area contributed by atoms with E-state index >= 15 is 0 Å². The molecule has 1 aromatic heterocycles. The van der Waals surface area contributed by atoms with Crippen molar-refractivity contribution in [3.63, 3.8) is 0 Å². The van der Waals surface area contributed by atoms with Crippen molar-refractivity contribution >= 4 is 35.1 Å². The lowest BCUT2D eigenvalue weighted by atomic mass is 10.2. The lowest BCUT2D eigenvalue weighted by Crippen LogP contribution is -2.30. The van der Waals surface area contributed by atoms with Crippen molar-refractivity contribution in [2.75, 3.05) is 17.3 Å². The molecule has 2 N–H and O–H groups in total. The minimum absolute atomic E-state index is 0.284. The SMILES string of the molecule is CSCC[C@H](Nc1cc(Cl)ncn1)C(=O)O. The largest absolute Gasteiger partial charge is 0.480 e. The molecule has 0 fully saturated rings. The molecule has 7 heteroatoms. The van der Waals surface area contributed by atoms with Crippen molar-refractivity contribution in [1.29, 1.82) is 0 Å². The van der Waals surface area contributed by atoms with Crippen LogP contribution in [0.3, 0.4) is 0 Å². The summed E-state index contributed by atoms with van der Waals surface area (Å²) in [6.07, 6.45) is 3.75. The smallest absolute Gasteiger partial charge is 0.326 e. The highest BCUT2D eigenvalue weighted by atomic mass is 35.5. The van der Waals surface area contributed by atoms with E-state index in [-0.39, 0.29) is 5.15 Å². The van der Waals surface area contributed by atoms with E-state index in [2.05, 4.69) is 15.3 Å². The molecule has 5 nitrogen and oxygen atoms in total. The van der Waals surface area contributed by atoms with Crippen LogP contribution in [0.15, 0.2) is 12.4 Å². The van der Waals surface area contributed by atoms with Crippen LogP contribution < -0.4 is 5.32 Å². The van der Waals surface area contributed by atoms with Gasteiger partial charge in [-0.25, -0.2) is 14.8 Å². The molecule has 0 bridgehead atoms. The summed E-state index contributed by atoms with van der Waals surface area (Å²) in [5, 5.41) is 12.1. The Balaban J connectivity index is 2.64. The molecule has 88 valence electrons. The van der Waals surface area contributed by atoms with Gasteiger partial charge in [-0.05, 0) is 18.4 Å². The Bertz CT molecular complexity index is 364. The Labute approximate surface area is 103 Å². The van der Waals surface area contributed by atoms with E-state index in [1.165, 1.54) is 12.4 Å². The molecule has 1 rings (SSSR count). The summed E-state index contributed by atoms with van der Waals surface area (Å²) in [6, 6.07) is 0.842. The van der Waals surface area contributed by atoms with E-state index < -0.39 is 12.0 Å². The molecule has 1 atom stereocenters. The summed E-state index contributed by atoms with van der Waals surface area (Å²) in [4.78, 5) is 18.6. The molecule has 0 saturated heterocycles. The van der Waals surface area contributed by atoms with Crippen LogP contribution in [0.1, 0.15) is 6.42 Å². The van der Waals surface area contributed by atoms with Crippen molar-refractivity contribution in [3.8, 4) is 0 Å². The Kier molecular flexibility index (Phi) is 5.34. The second-order valence-electron chi connectivity index (χ2n) is 3.04. The number of aromatic nitrogens is 2. The highest BCUT2D eigenvalue weighted by Crippen LogP contribution is 2.12. The maximum absolute atomic E-state index is 10.9. The van der Waals surface area contributed by atoms with Crippen LogP contribution in [0, 0.1) is 0 Å². The summed E-state index contributed by atoms with van der Waals surface area (Å²) in [5.41, 5.74) is 0. The Morgan fingerprint density at radius 1 is 1.69 bits per heavy atom. The molecule has 0 unspecified atom stereocenters. The third-order valence-electron chi connectivity index (χ3n) is 1.86. The Morgan fingerprint density at radius 3 is 3.00 bits per heavy atom. The molecule has 16 heavy (non-hydrogen) atoms. The van der Waals surface area contributed by atoms with Crippen LogP contribution in [-0.4, -0.2) is 39.1 Å². The third kappa shape index (κ3) is 4.24. The van der Waals surface area contributed by atoms with Crippen molar-refractivity contribution in [3.05, 3.63) is 17.5 Å². The summed E-state index contributed by atoms with van der Waals surface area (Å²) in [6.45, 7) is 0. The lowest BCUT2D eigenvalue weighted by Gasteiger charge is -2.14. The van der Waals surface area contributed by atoms with Crippen LogP contribution in [-0.2, 0) is 4.79 Å². The number of carbonyl (C=O) groups is 1. The molecule has 0 saturated carbocycles. The predicted molar refractivity (Wildman–Crippen MR) is 65.1 cm³/mol. The Morgan fingerprint density at radius 2 is 2.44 bits per heavy atom. The lowest BCUT2D eigenvalue weighted by molar-refractivity contribution is -0.137. The fourth-order valence-electron chi connectivity index (χ4n) is 1.08. The molecular formula is C9H12ClN3O2S. The highest BCUT2D eigenvalue weighted by Gasteiger charge is 2.17. The topological polar surface area (TPSA) is 75.1 Å². The molecule has 0 aliphatic carbocycles.